The zero-order valence-electron chi connectivity index (χ0n) is 18.7. The Hall–Kier alpha value is -3.02. The van der Waals surface area contributed by atoms with E-state index < -0.39 is 28.2 Å². The second-order valence-electron chi connectivity index (χ2n) is 7.44. The molecule has 0 spiro atoms. The predicted octanol–water partition coefficient (Wildman–Crippen LogP) is 6.36. The second kappa shape index (κ2) is 11.4. The van der Waals surface area contributed by atoms with Crippen LogP contribution >= 0.6 is 23.2 Å². The quantitative estimate of drug-likeness (QED) is 0.411. The minimum absolute atomic E-state index is 0.00259. The van der Waals surface area contributed by atoms with Gasteiger partial charge in [-0.2, -0.15) is 4.40 Å². The molecule has 1 aliphatic rings. The molecule has 2 aromatic carbocycles. The lowest BCUT2D eigenvalue weighted by Gasteiger charge is -2.16. The lowest BCUT2D eigenvalue weighted by molar-refractivity contribution is -0.274. The number of para-hydroxylation sites is 1. The van der Waals surface area contributed by atoms with Crippen LogP contribution in [0.1, 0.15) is 13.3 Å². The highest BCUT2D eigenvalue weighted by atomic mass is 35.5. The van der Waals surface area contributed by atoms with Gasteiger partial charge in [0.05, 0.1) is 21.5 Å². The highest BCUT2D eigenvalue weighted by Crippen LogP contribution is 2.42. The van der Waals surface area contributed by atoms with Crippen molar-refractivity contribution in [1.82, 2.24) is 5.32 Å². The average molecular weight is 562 g/mol. The molecule has 2 amide bonds. The van der Waals surface area contributed by atoms with Crippen molar-refractivity contribution in [3.63, 3.8) is 0 Å². The molecule has 3 rings (SSSR count). The monoisotopic (exact) mass is 561 g/mol. The third-order valence-corrected chi connectivity index (χ3v) is 6.66. The molecule has 0 unspecified atom stereocenters. The van der Waals surface area contributed by atoms with Crippen LogP contribution in [-0.4, -0.2) is 38.8 Å². The second-order valence-corrected chi connectivity index (χ2v) is 10.2. The van der Waals surface area contributed by atoms with Crippen LogP contribution in [0.3, 0.4) is 0 Å². The number of rotatable bonds is 7. The molecule has 0 saturated heterocycles. The maximum absolute atomic E-state index is 12.8. The van der Waals surface area contributed by atoms with E-state index in [1.54, 1.807) is 18.2 Å². The number of urea groups is 1. The van der Waals surface area contributed by atoms with Gasteiger partial charge >= 0.3 is 12.4 Å². The molecule has 0 bridgehead atoms. The predicted molar refractivity (Wildman–Crippen MR) is 134 cm³/mol. The standard InChI is InChI=1S/C23H20Cl2F3N3O4S/c1-2-36(33,34)31-15-9-7-14(8-10-15)13-29-22(32)30-16-11-18(24)21(19(25)12-16)17-5-3-4-6-20(17)35-23(26,27)28/h3-9,11-12H,2,10,13H2,1H3,(H2,29,30,32). The minimum atomic E-state index is -4.90. The molecular formula is C23H20Cl2F3N3O4S. The average Bonchev–Trinajstić information content (AvgIpc) is 2.78. The van der Waals surface area contributed by atoms with E-state index in [4.69, 9.17) is 23.2 Å². The highest BCUT2D eigenvalue weighted by Gasteiger charge is 2.32. The first-order chi connectivity index (χ1) is 16.9. The topological polar surface area (TPSA) is 96.9 Å². The Morgan fingerprint density at radius 2 is 1.81 bits per heavy atom. The Labute approximate surface area is 215 Å². The normalized spacial score (nSPS) is 14.9. The first-order valence-corrected chi connectivity index (χ1v) is 12.8. The van der Waals surface area contributed by atoms with E-state index >= 15 is 0 Å². The molecule has 0 atom stereocenters. The van der Waals surface area contributed by atoms with E-state index in [2.05, 4.69) is 19.8 Å². The first-order valence-electron chi connectivity index (χ1n) is 10.4. The molecular weight excluding hydrogens is 542 g/mol. The van der Waals surface area contributed by atoms with Gasteiger partial charge in [-0.3, -0.25) is 0 Å². The van der Waals surface area contributed by atoms with Gasteiger partial charge < -0.3 is 15.4 Å². The lowest BCUT2D eigenvalue weighted by Crippen LogP contribution is -2.30. The van der Waals surface area contributed by atoms with Crippen LogP contribution < -0.4 is 15.4 Å². The van der Waals surface area contributed by atoms with Crippen LogP contribution in [0.5, 0.6) is 5.75 Å². The molecule has 0 aliphatic heterocycles. The van der Waals surface area contributed by atoms with Gasteiger partial charge in [0.25, 0.3) is 10.0 Å². The lowest BCUT2D eigenvalue weighted by atomic mass is 10.0. The summed E-state index contributed by atoms with van der Waals surface area (Å²) >= 11 is 12.6. The van der Waals surface area contributed by atoms with Gasteiger partial charge in [0.2, 0.25) is 0 Å². The van der Waals surface area contributed by atoms with Gasteiger partial charge in [-0.25, -0.2) is 13.2 Å². The van der Waals surface area contributed by atoms with Crippen LogP contribution in [0.4, 0.5) is 23.7 Å². The maximum atomic E-state index is 12.8. The highest BCUT2D eigenvalue weighted by molar-refractivity contribution is 7.90. The summed E-state index contributed by atoms with van der Waals surface area (Å²) in [7, 11) is -3.49. The first kappa shape index (κ1) is 27.6. The van der Waals surface area contributed by atoms with Crippen LogP contribution in [0, 0.1) is 0 Å². The molecule has 2 N–H and O–H groups in total. The van der Waals surface area contributed by atoms with E-state index in [1.165, 1.54) is 37.3 Å². The molecule has 1 aliphatic carbocycles. The molecule has 2 aromatic rings. The van der Waals surface area contributed by atoms with Crippen molar-refractivity contribution in [2.45, 2.75) is 19.7 Å². The van der Waals surface area contributed by atoms with Crippen molar-refractivity contribution in [3.8, 4) is 16.9 Å². The summed E-state index contributed by atoms with van der Waals surface area (Å²) in [5, 5.41) is 5.20. The van der Waals surface area contributed by atoms with Crippen molar-refractivity contribution in [2.75, 3.05) is 17.6 Å². The fraction of sp³-hybridized carbons (Fsp3) is 0.217. The Bertz CT molecular complexity index is 1330. The summed E-state index contributed by atoms with van der Waals surface area (Å²) in [5.41, 5.74) is 1.51. The van der Waals surface area contributed by atoms with Crippen LogP contribution in [0.2, 0.25) is 10.0 Å². The fourth-order valence-electron chi connectivity index (χ4n) is 3.16. The summed E-state index contributed by atoms with van der Waals surface area (Å²) in [6, 6.07) is 7.53. The van der Waals surface area contributed by atoms with Crippen molar-refractivity contribution in [3.05, 3.63) is 70.2 Å². The fourth-order valence-corrected chi connectivity index (χ4v) is 4.48. The SMILES string of the molecule is CCS(=O)(=O)N=C1C=CC(CNC(=O)Nc2cc(Cl)c(-c3ccccc3OC(F)(F)F)c(Cl)c2)=CC1. The Balaban J connectivity index is 1.66. The molecule has 0 radical (unpaired) electrons. The maximum Gasteiger partial charge on any atom is 0.573 e. The molecule has 0 saturated carbocycles. The molecule has 0 aromatic heterocycles. The number of hydrogen-bond acceptors (Lipinski definition) is 4. The van der Waals surface area contributed by atoms with Crippen molar-refractivity contribution in [2.24, 2.45) is 4.40 Å². The minimum Gasteiger partial charge on any atom is -0.405 e. The third kappa shape index (κ3) is 7.74. The van der Waals surface area contributed by atoms with E-state index in [1.807, 2.05) is 0 Å². The van der Waals surface area contributed by atoms with Gasteiger partial charge in [-0.05, 0) is 36.8 Å². The number of halogens is 5. The number of nitrogens with one attached hydrogen (secondary N) is 2. The zero-order valence-corrected chi connectivity index (χ0v) is 21.0. The number of alkyl halides is 3. The van der Waals surface area contributed by atoms with E-state index in [-0.39, 0.29) is 39.2 Å². The number of nitrogens with zero attached hydrogens (tertiary/aromatic N) is 1. The number of benzene rings is 2. The molecule has 0 heterocycles. The number of anilines is 1. The van der Waals surface area contributed by atoms with Gasteiger partial charge in [0.15, 0.2) is 0 Å². The van der Waals surface area contributed by atoms with Gasteiger partial charge in [-0.15, -0.1) is 13.2 Å². The number of amides is 2. The van der Waals surface area contributed by atoms with Gasteiger partial charge in [-0.1, -0.05) is 53.6 Å². The third-order valence-electron chi connectivity index (χ3n) is 4.82. The summed E-state index contributed by atoms with van der Waals surface area (Å²) in [6.07, 6.45) is 0.366. The summed E-state index contributed by atoms with van der Waals surface area (Å²) < 4.78 is 69.3. The Morgan fingerprint density at radius 1 is 1.14 bits per heavy atom. The van der Waals surface area contributed by atoms with Gasteiger partial charge in [0.1, 0.15) is 5.75 Å². The Kier molecular flexibility index (Phi) is 8.70. The number of carbonyl (C=O) groups is 1. The Morgan fingerprint density at radius 3 is 2.39 bits per heavy atom. The number of allylic oxidation sites excluding steroid dienone is 2. The smallest absolute Gasteiger partial charge is 0.405 e. The van der Waals surface area contributed by atoms with E-state index in [9.17, 15) is 26.4 Å². The van der Waals surface area contributed by atoms with Crippen LogP contribution in [-0.2, 0) is 10.0 Å². The van der Waals surface area contributed by atoms with Crippen molar-refractivity contribution < 1.29 is 31.1 Å². The van der Waals surface area contributed by atoms with Crippen LogP contribution in [0.15, 0.2) is 64.6 Å². The largest absolute Gasteiger partial charge is 0.573 e. The summed E-state index contributed by atoms with van der Waals surface area (Å²) in [4.78, 5) is 12.3. The van der Waals surface area contributed by atoms with Crippen LogP contribution in [0.25, 0.3) is 11.1 Å². The molecule has 192 valence electrons. The molecule has 7 nitrogen and oxygen atoms in total. The number of sulfonamides is 1. The molecule has 0 fully saturated rings. The molecule has 36 heavy (non-hydrogen) atoms. The summed E-state index contributed by atoms with van der Waals surface area (Å²) in [5.74, 6) is -0.563. The van der Waals surface area contributed by atoms with Crippen molar-refractivity contribution in [1.29, 1.82) is 0 Å². The van der Waals surface area contributed by atoms with Gasteiger partial charge in [0, 0.05) is 29.8 Å². The van der Waals surface area contributed by atoms with E-state index in [0.29, 0.717) is 12.1 Å². The van der Waals surface area contributed by atoms with E-state index in [0.717, 1.165) is 11.6 Å². The van der Waals surface area contributed by atoms with Crippen molar-refractivity contribution >= 4 is 50.7 Å². The summed E-state index contributed by atoms with van der Waals surface area (Å²) in [6.45, 7) is 1.66. The number of ether oxygens (including phenoxy) is 1. The number of carbonyl (C=O) groups excluding carboxylic acids is 1. The zero-order chi connectivity index (χ0) is 26.5. The molecule has 13 heteroatoms. The number of hydrogen-bond donors (Lipinski definition) is 2.